The summed E-state index contributed by atoms with van der Waals surface area (Å²) in [5.41, 5.74) is 11.2. The summed E-state index contributed by atoms with van der Waals surface area (Å²) in [5, 5.41) is 23.8. The minimum atomic E-state index is -2.08. The molecular formula is C13H18N6O6. The zero-order valence-electron chi connectivity index (χ0n) is 13.3. The Morgan fingerprint density at radius 1 is 1.64 bits per heavy atom. The Labute approximate surface area is 141 Å². The topological polar surface area (TPSA) is 186 Å². The van der Waals surface area contributed by atoms with Gasteiger partial charge < -0.3 is 25.4 Å². The number of esters is 1. The van der Waals surface area contributed by atoms with Crippen molar-refractivity contribution in [2.45, 2.75) is 43.9 Å². The summed E-state index contributed by atoms with van der Waals surface area (Å²) >= 11 is 0. The maximum absolute atomic E-state index is 11.9. The fourth-order valence-electron chi connectivity index (χ4n) is 2.38. The molecule has 0 aromatic carbocycles. The molecule has 1 aromatic heterocycles. The summed E-state index contributed by atoms with van der Waals surface area (Å²) in [6.45, 7) is 1.15. The molecule has 1 aliphatic rings. The van der Waals surface area contributed by atoms with Gasteiger partial charge in [0.2, 0.25) is 5.72 Å². The summed E-state index contributed by atoms with van der Waals surface area (Å²) in [4.78, 5) is 29.5. The normalized spacial score (nSPS) is 28.4. The van der Waals surface area contributed by atoms with E-state index in [1.54, 1.807) is 6.92 Å². The zero-order chi connectivity index (χ0) is 18.6. The van der Waals surface area contributed by atoms with Crippen molar-refractivity contribution in [2.75, 3.05) is 12.3 Å². The molecule has 4 N–H and O–H groups in total. The van der Waals surface area contributed by atoms with Crippen LogP contribution >= 0.6 is 0 Å². The third-order valence-electron chi connectivity index (χ3n) is 3.64. The van der Waals surface area contributed by atoms with Crippen LogP contribution in [0.1, 0.15) is 26.0 Å². The van der Waals surface area contributed by atoms with Crippen LogP contribution < -0.4 is 11.4 Å². The molecule has 0 radical (unpaired) electrons. The van der Waals surface area contributed by atoms with Crippen molar-refractivity contribution in [3.05, 3.63) is 33.2 Å². The summed E-state index contributed by atoms with van der Waals surface area (Å²) in [6, 6.07) is 1.29. The number of ether oxygens (including phenoxy) is 2. The highest BCUT2D eigenvalue weighted by Crippen LogP contribution is 2.38. The first kappa shape index (κ1) is 18.7. The van der Waals surface area contributed by atoms with Crippen LogP contribution in [-0.4, -0.2) is 50.3 Å². The molecular weight excluding hydrogens is 336 g/mol. The Balaban J connectivity index is 2.31. The number of aliphatic hydroxyl groups is 2. The molecule has 1 saturated heterocycles. The molecule has 0 aliphatic carbocycles. The van der Waals surface area contributed by atoms with E-state index in [0.29, 0.717) is 6.42 Å². The average molecular weight is 354 g/mol. The number of hydrogen-bond acceptors (Lipinski definition) is 9. The number of nitrogen functional groups attached to an aromatic ring is 1. The second kappa shape index (κ2) is 7.49. The maximum Gasteiger partial charge on any atom is 0.351 e. The first-order valence-electron chi connectivity index (χ1n) is 7.45. The first-order chi connectivity index (χ1) is 11.8. The van der Waals surface area contributed by atoms with E-state index >= 15 is 0 Å². The lowest BCUT2D eigenvalue weighted by Gasteiger charge is -2.26. The first-order valence-corrected chi connectivity index (χ1v) is 7.45. The number of nitrogens with two attached hydrogens (primary N) is 1. The van der Waals surface area contributed by atoms with Crippen molar-refractivity contribution in [2.24, 2.45) is 5.11 Å². The minimum Gasteiger partial charge on any atom is -0.462 e. The zero-order valence-corrected chi connectivity index (χ0v) is 13.3. The fourth-order valence-corrected chi connectivity index (χ4v) is 2.38. The van der Waals surface area contributed by atoms with Crippen molar-refractivity contribution in [3.63, 3.8) is 0 Å². The molecule has 136 valence electrons. The van der Waals surface area contributed by atoms with E-state index in [-0.39, 0.29) is 12.2 Å². The number of carbonyl (C=O) groups excluding carboxylic acids is 1. The second-order valence-electron chi connectivity index (χ2n) is 5.43. The van der Waals surface area contributed by atoms with Crippen molar-refractivity contribution < 1.29 is 24.5 Å². The van der Waals surface area contributed by atoms with Gasteiger partial charge in [0.05, 0.1) is 0 Å². The van der Waals surface area contributed by atoms with Crippen LogP contribution in [0.5, 0.6) is 0 Å². The van der Waals surface area contributed by atoms with Gasteiger partial charge in [0.1, 0.15) is 24.6 Å². The number of aliphatic hydroxyl groups excluding tert-OH is 2. The van der Waals surface area contributed by atoms with E-state index in [0.717, 1.165) is 4.57 Å². The van der Waals surface area contributed by atoms with Crippen molar-refractivity contribution in [1.29, 1.82) is 0 Å². The van der Waals surface area contributed by atoms with E-state index in [1.807, 2.05) is 0 Å². The van der Waals surface area contributed by atoms with E-state index in [1.165, 1.54) is 12.3 Å². The summed E-state index contributed by atoms with van der Waals surface area (Å²) in [5.74, 6) is -0.626. The number of aromatic nitrogens is 2. The standard InChI is InChI=1S/C13H18N6O6/c1-2-3-8(20)24-6-13(17-18-15)10(22)9(21)11(25-13)19-5-4-7(14)16-12(19)23/h4-5,9-11,21-22H,2-3,6H2,1H3,(H2,14,16,23)/t9-,10+,11-,13-/m1/s1. The number of hydrogen-bond donors (Lipinski definition) is 3. The highest BCUT2D eigenvalue weighted by atomic mass is 16.6. The van der Waals surface area contributed by atoms with E-state index in [9.17, 15) is 19.8 Å². The van der Waals surface area contributed by atoms with Crippen molar-refractivity contribution in [1.82, 2.24) is 9.55 Å². The molecule has 1 aliphatic heterocycles. The molecule has 0 bridgehead atoms. The quantitative estimate of drug-likeness (QED) is 0.262. The lowest BCUT2D eigenvalue weighted by Crippen LogP contribution is -2.45. The Morgan fingerprint density at radius 3 is 2.96 bits per heavy atom. The van der Waals surface area contributed by atoms with Crippen molar-refractivity contribution >= 4 is 11.8 Å². The molecule has 0 unspecified atom stereocenters. The maximum atomic E-state index is 11.9. The Hall–Kier alpha value is -2.66. The van der Waals surface area contributed by atoms with Crippen molar-refractivity contribution in [3.8, 4) is 0 Å². The fraction of sp³-hybridized carbons (Fsp3) is 0.615. The Kier molecular flexibility index (Phi) is 5.59. The average Bonchev–Trinajstić information content (AvgIpc) is 2.79. The Bertz CT molecular complexity index is 747. The van der Waals surface area contributed by atoms with Crippen LogP contribution in [0.4, 0.5) is 5.82 Å². The molecule has 12 heteroatoms. The smallest absolute Gasteiger partial charge is 0.351 e. The van der Waals surface area contributed by atoms with Crippen LogP contribution in [-0.2, 0) is 14.3 Å². The molecule has 0 saturated carbocycles. The molecule has 2 rings (SSSR count). The van der Waals surface area contributed by atoms with Crippen LogP contribution in [0.2, 0.25) is 0 Å². The second-order valence-corrected chi connectivity index (χ2v) is 5.43. The molecule has 1 aromatic rings. The highest BCUT2D eigenvalue weighted by Gasteiger charge is 2.56. The van der Waals surface area contributed by atoms with Gasteiger partial charge in [-0.05, 0) is 18.0 Å². The van der Waals surface area contributed by atoms with Gasteiger partial charge in [-0.1, -0.05) is 12.0 Å². The lowest BCUT2D eigenvalue weighted by atomic mass is 10.1. The lowest BCUT2D eigenvalue weighted by molar-refractivity contribution is -0.165. The molecule has 2 heterocycles. The van der Waals surface area contributed by atoms with Crippen LogP contribution in [0.25, 0.3) is 10.4 Å². The van der Waals surface area contributed by atoms with Gasteiger partial charge in [-0.15, -0.1) is 0 Å². The third kappa shape index (κ3) is 3.72. The molecule has 0 spiro atoms. The van der Waals surface area contributed by atoms with E-state index in [2.05, 4.69) is 15.0 Å². The molecule has 0 amide bonds. The Morgan fingerprint density at radius 2 is 2.36 bits per heavy atom. The molecule has 1 fully saturated rings. The monoisotopic (exact) mass is 354 g/mol. The summed E-state index contributed by atoms with van der Waals surface area (Å²) in [6.07, 6.45) is -2.93. The van der Waals surface area contributed by atoms with Gasteiger partial charge in [-0.25, -0.2) is 4.79 Å². The van der Waals surface area contributed by atoms with Crippen LogP contribution in [0, 0.1) is 0 Å². The molecule has 4 atom stereocenters. The predicted octanol–water partition coefficient (Wildman–Crippen LogP) is -0.574. The van der Waals surface area contributed by atoms with Gasteiger partial charge in [-0.3, -0.25) is 9.36 Å². The predicted molar refractivity (Wildman–Crippen MR) is 82.8 cm³/mol. The summed E-state index contributed by atoms with van der Waals surface area (Å²) in [7, 11) is 0. The molecule has 25 heavy (non-hydrogen) atoms. The van der Waals surface area contributed by atoms with Gasteiger partial charge in [0, 0.05) is 17.5 Å². The number of rotatable bonds is 6. The number of azide groups is 1. The number of carbonyl (C=O) groups is 1. The van der Waals surface area contributed by atoms with E-state index in [4.69, 9.17) is 20.7 Å². The van der Waals surface area contributed by atoms with Crippen LogP contribution in [0.3, 0.4) is 0 Å². The van der Waals surface area contributed by atoms with Gasteiger partial charge >= 0.3 is 11.7 Å². The largest absolute Gasteiger partial charge is 0.462 e. The van der Waals surface area contributed by atoms with Gasteiger partial charge in [-0.2, -0.15) is 4.98 Å². The van der Waals surface area contributed by atoms with E-state index < -0.39 is 42.4 Å². The SMILES string of the molecule is CCCC(=O)OC[C@@]1(N=[N+]=[N-])O[C@@H](n2ccc(N)nc2=O)[C@H](O)[C@@H]1O. The minimum absolute atomic E-state index is 0.0379. The number of nitrogens with zero attached hydrogens (tertiary/aromatic N) is 5. The van der Waals surface area contributed by atoms with Gasteiger partial charge in [0.15, 0.2) is 6.23 Å². The number of anilines is 1. The third-order valence-corrected chi connectivity index (χ3v) is 3.64. The summed E-state index contributed by atoms with van der Waals surface area (Å²) < 4.78 is 11.3. The van der Waals surface area contributed by atoms with Crippen LogP contribution in [0.15, 0.2) is 22.2 Å². The van der Waals surface area contributed by atoms with Gasteiger partial charge in [0.25, 0.3) is 0 Å². The highest BCUT2D eigenvalue weighted by molar-refractivity contribution is 5.69. The molecule has 12 nitrogen and oxygen atoms in total.